The molecule has 2 heterocycles. The molecular formula is C19H18N4O. The maximum Gasteiger partial charge on any atom is 0.258 e. The Morgan fingerprint density at radius 3 is 2.46 bits per heavy atom. The largest absolute Gasteiger partial charge is 0.354 e. The Labute approximate surface area is 140 Å². The van der Waals surface area contributed by atoms with E-state index in [2.05, 4.69) is 46.6 Å². The number of benzene rings is 1. The lowest BCUT2D eigenvalue weighted by molar-refractivity contribution is 0.102. The summed E-state index contributed by atoms with van der Waals surface area (Å²) in [6.07, 6.45) is 4.83. The van der Waals surface area contributed by atoms with Gasteiger partial charge in [0.25, 0.3) is 5.91 Å². The summed E-state index contributed by atoms with van der Waals surface area (Å²) in [6.45, 7) is 4.16. The van der Waals surface area contributed by atoms with E-state index in [4.69, 9.17) is 0 Å². The summed E-state index contributed by atoms with van der Waals surface area (Å²) in [7, 11) is 0. The van der Waals surface area contributed by atoms with Crippen LogP contribution in [0.3, 0.4) is 0 Å². The molecule has 0 aliphatic heterocycles. The van der Waals surface area contributed by atoms with E-state index >= 15 is 0 Å². The van der Waals surface area contributed by atoms with Gasteiger partial charge in [-0.25, -0.2) is 4.98 Å². The van der Waals surface area contributed by atoms with Gasteiger partial charge in [-0.2, -0.15) is 0 Å². The number of hydrogen-bond donors (Lipinski definition) is 2. The van der Waals surface area contributed by atoms with Crippen LogP contribution in [0.1, 0.15) is 21.5 Å². The second kappa shape index (κ2) is 6.91. The first-order valence-electron chi connectivity index (χ1n) is 7.63. The fourth-order valence-corrected chi connectivity index (χ4v) is 2.21. The minimum atomic E-state index is -0.231. The van der Waals surface area contributed by atoms with E-state index < -0.39 is 0 Å². The minimum absolute atomic E-state index is 0.231. The number of pyridine rings is 2. The van der Waals surface area contributed by atoms with Gasteiger partial charge < -0.3 is 10.6 Å². The van der Waals surface area contributed by atoms with E-state index in [0.29, 0.717) is 11.4 Å². The van der Waals surface area contributed by atoms with Gasteiger partial charge in [0, 0.05) is 18.1 Å². The molecule has 0 atom stereocenters. The number of aromatic nitrogens is 2. The van der Waals surface area contributed by atoms with Gasteiger partial charge in [0.05, 0.1) is 17.4 Å². The summed E-state index contributed by atoms with van der Waals surface area (Å²) >= 11 is 0. The van der Waals surface area contributed by atoms with Crippen molar-refractivity contribution in [2.45, 2.75) is 13.8 Å². The molecule has 3 rings (SSSR count). The Hall–Kier alpha value is -3.21. The van der Waals surface area contributed by atoms with Crippen LogP contribution in [-0.4, -0.2) is 15.9 Å². The normalized spacial score (nSPS) is 10.2. The lowest BCUT2D eigenvalue weighted by Gasteiger charge is -2.09. The average Bonchev–Trinajstić information content (AvgIpc) is 2.61. The van der Waals surface area contributed by atoms with E-state index in [1.165, 1.54) is 17.3 Å². The van der Waals surface area contributed by atoms with E-state index in [-0.39, 0.29) is 5.91 Å². The van der Waals surface area contributed by atoms with Gasteiger partial charge in [-0.05, 0) is 61.4 Å². The number of nitrogens with one attached hydrogen (secondary N) is 2. The fourth-order valence-electron chi connectivity index (χ4n) is 2.21. The van der Waals surface area contributed by atoms with Crippen LogP contribution in [0.15, 0.2) is 61.1 Å². The number of carbonyl (C=O) groups excluding carboxylic acids is 1. The molecule has 0 saturated heterocycles. The van der Waals surface area contributed by atoms with Gasteiger partial charge in [-0.15, -0.1) is 0 Å². The zero-order valence-corrected chi connectivity index (χ0v) is 13.6. The summed E-state index contributed by atoms with van der Waals surface area (Å²) in [5.41, 5.74) is 4.85. The Kier molecular flexibility index (Phi) is 4.52. The van der Waals surface area contributed by atoms with Crippen molar-refractivity contribution >= 4 is 23.1 Å². The highest BCUT2D eigenvalue weighted by Crippen LogP contribution is 2.20. The summed E-state index contributed by atoms with van der Waals surface area (Å²) in [6, 6.07) is 13.3. The molecule has 24 heavy (non-hydrogen) atoms. The van der Waals surface area contributed by atoms with Crippen LogP contribution in [0.2, 0.25) is 0 Å². The van der Waals surface area contributed by atoms with Gasteiger partial charge in [0.1, 0.15) is 5.82 Å². The van der Waals surface area contributed by atoms with E-state index in [1.54, 1.807) is 30.6 Å². The summed E-state index contributed by atoms with van der Waals surface area (Å²) in [5, 5.41) is 6.05. The molecule has 1 amide bonds. The zero-order valence-electron chi connectivity index (χ0n) is 13.6. The highest BCUT2D eigenvalue weighted by molar-refractivity contribution is 6.03. The molecule has 0 fully saturated rings. The Morgan fingerprint density at radius 2 is 1.79 bits per heavy atom. The van der Waals surface area contributed by atoms with Crippen molar-refractivity contribution in [1.82, 2.24) is 9.97 Å². The molecule has 0 unspecified atom stereocenters. The minimum Gasteiger partial charge on any atom is -0.354 e. The van der Waals surface area contributed by atoms with Gasteiger partial charge in [0.2, 0.25) is 0 Å². The maximum absolute atomic E-state index is 12.1. The highest BCUT2D eigenvalue weighted by atomic mass is 16.1. The van der Waals surface area contributed by atoms with Crippen LogP contribution in [0.25, 0.3) is 0 Å². The van der Waals surface area contributed by atoms with Crippen molar-refractivity contribution in [3.05, 3.63) is 77.7 Å². The molecule has 2 N–H and O–H groups in total. The van der Waals surface area contributed by atoms with Gasteiger partial charge in [-0.1, -0.05) is 6.07 Å². The molecule has 5 heteroatoms. The highest BCUT2D eigenvalue weighted by Gasteiger charge is 2.06. The van der Waals surface area contributed by atoms with Crippen LogP contribution < -0.4 is 10.6 Å². The van der Waals surface area contributed by atoms with Crippen LogP contribution >= 0.6 is 0 Å². The van der Waals surface area contributed by atoms with Crippen molar-refractivity contribution in [2.75, 3.05) is 10.6 Å². The van der Waals surface area contributed by atoms with E-state index in [0.717, 1.165) is 11.4 Å². The molecule has 0 aliphatic carbocycles. The molecule has 120 valence electrons. The molecular weight excluding hydrogens is 300 g/mol. The predicted molar refractivity (Wildman–Crippen MR) is 95.6 cm³/mol. The Balaban J connectivity index is 1.67. The van der Waals surface area contributed by atoms with Gasteiger partial charge in [-0.3, -0.25) is 9.78 Å². The van der Waals surface area contributed by atoms with Crippen molar-refractivity contribution in [2.24, 2.45) is 0 Å². The molecule has 0 saturated carbocycles. The number of aryl methyl sites for hydroxylation is 2. The van der Waals surface area contributed by atoms with Crippen LogP contribution in [0, 0.1) is 13.8 Å². The smallest absolute Gasteiger partial charge is 0.258 e. The molecule has 0 bridgehead atoms. The van der Waals surface area contributed by atoms with Crippen LogP contribution in [-0.2, 0) is 0 Å². The predicted octanol–water partition coefficient (Wildman–Crippen LogP) is 4.09. The molecule has 0 radical (unpaired) electrons. The summed E-state index contributed by atoms with van der Waals surface area (Å²) in [4.78, 5) is 20.2. The van der Waals surface area contributed by atoms with Crippen LogP contribution in [0.4, 0.5) is 17.2 Å². The third-order valence-corrected chi connectivity index (χ3v) is 3.72. The third kappa shape index (κ3) is 3.76. The lowest BCUT2D eigenvalue weighted by Crippen LogP contribution is -2.13. The third-order valence-electron chi connectivity index (χ3n) is 3.72. The van der Waals surface area contributed by atoms with Crippen LogP contribution in [0.5, 0.6) is 0 Å². The zero-order chi connectivity index (χ0) is 16.9. The average molecular weight is 318 g/mol. The number of amides is 1. The van der Waals surface area contributed by atoms with E-state index in [1.807, 2.05) is 12.1 Å². The van der Waals surface area contributed by atoms with Crippen molar-refractivity contribution in [1.29, 1.82) is 0 Å². The summed E-state index contributed by atoms with van der Waals surface area (Å²) in [5.74, 6) is 0.264. The van der Waals surface area contributed by atoms with Crippen molar-refractivity contribution in [3.63, 3.8) is 0 Å². The molecule has 2 aromatic heterocycles. The number of nitrogens with zero attached hydrogens (tertiary/aromatic N) is 2. The quantitative estimate of drug-likeness (QED) is 0.760. The first-order chi connectivity index (χ1) is 11.6. The molecule has 1 aromatic carbocycles. The van der Waals surface area contributed by atoms with Gasteiger partial charge in [0.15, 0.2) is 0 Å². The number of rotatable bonds is 4. The first kappa shape index (κ1) is 15.7. The lowest BCUT2D eigenvalue weighted by atomic mass is 10.1. The second-order valence-corrected chi connectivity index (χ2v) is 5.55. The first-order valence-corrected chi connectivity index (χ1v) is 7.63. The Bertz CT molecular complexity index is 845. The molecule has 5 nitrogen and oxygen atoms in total. The van der Waals surface area contributed by atoms with Gasteiger partial charge >= 0.3 is 0 Å². The second-order valence-electron chi connectivity index (χ2n) is 5.55. The van der Waals surface area contributed by atoms with Crippen molar-refractivity contribution < 1.29 is 4.79 Å². The monoisotopic (exact) mass is 318 g/mol. The summed E-state index contributed by atoms with van der Waals surface area (Å²) < 4.78 is 0. The number of carbonyl (C=O) groups is 1. The number of anilines is 3. The van der Waals surface area contributed by atoms with Crippen molar-refractivity contribution in [3.8, 4) is 0 Å². The molecule has 0 aliphatic rings. The number of hydrogen-bond acceptors (Lipinski definition) is 4. The maximum atomic E-state index is 12.1. The molecule has 0 spiro atoms. The topological polar surface area (TPSA) is 66.9 Å². The fraction of sp³-hybridized carbons (Fsp3) is 0.105. The Morgan fingerprint density at radius 1 is 0.958 bits per heavy atom. The SMILES string of the molecule is Cc1ccc(Nc2ccc(NC(=O)c3cccnc3)nc2)cc1C. The van der Waals surface area contributed by atoms with E-state index in [9.17, 15) is 4.79 Å². The molecule has 3 aromatic rings. The standard InChI is InChI=1S/C19H18N4O/c1-13-5-6-16(10-14(13)2)22-17-7-8-18(21-12-17)23-19(24)15-4-3-9-20-11-15/h3-12,22H,1-2H3,(H,21,23,24).